The van der Waals surface area contributed by atoms with Crippen LogP contribution in [-0.4, -0.2) is 23.2 Å². The normalized spacial score (nSPS) is 16.1. The van der Waals surface area contributed by atoms with Crippen molar-refractivity contribution in [3.8, 4) is 11.8 Å². The standard InChI is InChI=1S/C15H17NO2/c1-15(9-5-10-15)16-14(18)13-8-3-2-6-12(13)7-4-11-17/h2-3,6,8,17H,5,9-11H2,1H3,(H,16,18). The smallest absolute Gasteiger partial charge is 0.252 e. The van der Waals surface area contributed by atoms with Gasteiger partial charge in [0, 0.05) is 11.1 Å². The molecule has 1 aliphatic carbocycles. The molecule has 94 valence electrons. The van der Waals surface area contributed by atoms with E-state index in [0.717, 1.165) is 12.8 Å². The molecule has 0 unspecified atom stereocenters. The van der Waals surface area contributed by atoms with Crippen LogP contribution in [0.25, 0.3) is 0 Å². The molecule has 0 aromatic heterocycles. The number of aliphatic hydroxyl groups is 1. The lowest BCUT2D eigenvalue weighted by molar-refractivity contribution is 0.0850. The third-order valence-electron chi connectivity index (χ3n) is 3.35. The highest BCUT2D eigenvalue weighted by Crippen LogP contribution is 2.31. The molecule has 0 spiro atoms. The monoisotopic (exact) mass is 243 g/mol. The Morgan fingerprint density at radius 2 is 2.17 bits per heavy atom. The lowest BCUT2D eigenvalue weighted by Gasteiger charge is -2.39. The molecule has 1 aliphatic rings. The molecule has 1 saturated carbocycles. The van der Waals surface area contributed by atoms with Crippen LogP contribution in [0.3, 0.4) is 0 Å². The van der Waals surface area contributed by atoms with Crippen LogP contribution in [0.2, 0.25) is 0 Å². The second kappa shape index (κ2) is 5.24. The maximum Gasteiger partial charge on any atom is 0.252 e. The molecule has 0 heterocycles. The fraction of sp³-hybridized carbons (Fsp3) is 0.400. The second-order valence-corrected chi connectivity index (χ2v) is 4.87. The summed E-state index contributed by atoms with van der Waals surface area (Å²) in [6.07, 6.45) is 3.23. The number of nitrogens with one attached hydrogen (secondary N) is 1. The van der Waals surface area contributed by atoms with E-state index in [1.165, 1.54) is 6.42 Å². The van der Waals surface area contributed by atoms with E-state index in [1.54, 1.807) is 12.1 Å². The molecule has 1 aromatic rings. The predicted molar refractivity (Wildman–Crippen MR) is 70.1 cm³/mol. The van der Waals surface area contributed by atoms with E-state index >= 15 is 0 Å². The van der Waals surface area contributed by atoms with E-state index in [-0.39, 0.29) is 18.1 Å². The van der Waals surface area contributed by atoms with Gasteiger partial charge in [-0.1, -0.05) is 24.0 Å². The van der Waals surface area contributed by atoms with Crippen molar-refractivity contribution in [2.75, 3.05) is 6.61 Å². The van der Waals surface area contributed by atoms with Crippen LogP contribution in [0.5, 0.6) is 0 Å². The van der Waals surface area contributed by atoms with Gasteiger partial charge in [-0.05, 0) is 38.3 Å². The van der Waals surface area contributed by atoms with Crippen molar-refractivity contribution in [1.29, 1.82) is 0 Å². The van der Waals surface area contributed by atoms with Crippen LogP contribution in [-0.2, 0) is 0 Å². The number of amides is 1. The van der Waals surface area contributed by atoms with Crippen LogP contribution >= 0.6 is 0 Å². The van der Waals surface area contributed by atoms with Crippen molar-refractivity contribution in [1.82, 2.24) is 5.32 Å². The molecule has 0 aliphatic heterocycles. The Hall–Kier alpha value is -1.79. The zero-order valence-electron chi connectivity index (χ0n) is 10.5. The molecule has 0 saturated heterocycles. The van der Waals surface area contributed by atoms with Crippen LogP contribution in [0.4, 0.5) is 0 Å². The van der Waals surface area contributed by atoms with Crippen molar-refractivity contribution in [2.45, 2.75) is 31.7 Å². The highest BCUT2D eigenvalue weighted by Gasteiger charge is 2.33. The van der Waals surface area contributed by atoms with Crippen molar-refractivity contribution >= 4 is 5.91 Å². The number of hydrogen-bond acceptors (Lipinski definition) is 2. The van der Waals surface area contributed by atoms with Crippen molar-refractivity contribution in [2.24, 2.45) is 0 Å². The molecule has 18 heavy (non-hydrogen) atoms. The number of carbonyl (C=O) groups excluding carboxylic acids is 1. The average molecular weight is 243 g/mol. The van der Waals surface area contributed by atoms with Gasteiger partial charge in [0.1, 0.15) is 6.61 Å². The summed E-state index contributed by atoms with van der Waals surface area (Å²) >= 11 is 0. The van der Waals surface area contributed by atoms with Gasteiger partial charge in [0.25, 0.3) is 5.91 Å². The minimum Gasteiger partial charge on any atom is -0.384 e. The van der Waals surface area contributed by atoms with Gasteiger partial charge in [0.2, 0.25) is 0 Å². The topological polar surface area (TPSA) is 49.3 Å². The third-order valence-corrected chi connectivity index (χ3v) is 3.35. The summed E-state index contributed by atoms with van der Waals surface area (Å²) in [5.41, 5.74) is 1.17. The van der Waals surface area contributed by atoms with Crippen LogP contribution in [0, 0.1) is 11.8 Å². The van der Waals surface area contributed by atoms with Gasteiger partial charge >= 0.3 is 0 Å². The fourth-order valence-electron chi connectivity index (χ4n) is 2.10. The summed E-state index contributed by atoms with van der Waals surface area (Å²) in [4.78, 5) is 12.2. The molecule has 3 nitrogen and oxygen atoms in total. The van der Waals surface area contributed by atoms with E-state index in [9.17, 15) is 4.79 Å². The zero-order chi connectivity index (χ0) is 13.0. The van der Waals surface area contributed by atoms with E-state index in [0.29, 0.717) is 11.1 Å². The second-order valence-electron chi connectivity index (χ2n) is 4.87. The lowest BCUT2D eigenvalue weighted by atomic mass is 9.78. The summed E-state index contributed by atoms with van der Waals surface area (Å²) in [5, 5.41) is 11.8. The van der Waals surface area contributed by atoms with Gasteiger partial charge in [-0.2, -0.15) is 0 Å². The summed E-state index contributed by atoms with van der Waals surface area (Å²) in [6, 6.07) is 7.21. The van der Waals surface area contributed by atoms with Crippen LogP contribution in [0.15, 0.2) is 24.3 Å². The van der Waals surface area contributed by atoms with Gasteiger partial charge < -0.3 is 10.4 Å². The van der Waals surface area contributed by atoms with Crippen LogP contribution < -0.4 is 5.32 Å². The molecule has 2 N–H and O–H groups in total. The third kappa shape index (κ3) is 2.72. The molecule has 2 rings (SSSR count). The molecular weight excluding hydrogens is 226 g/mol. The Balaban J connectivity index is 2.19. The molecule has 0 atom stereocenters. The maximum atomic E-state index is 12.2. The summed E-state index contributed by atoms with van der Waals surface area (Å²) in [5.74, 6) is 5.30. The van der Waals surface area contributed by atoms with Gasteiger partial charge in [-0.3, -0.25) is 4.79 Å². The number of aliphatic hydroxyl groups excluding tert-OH is 1. The van der Waals surface area contributed by atoms with Gasteiger partial charge in [-0.25, -0.2) is 0 Å². The van der Waals surface area contributed by atoms with E-state index in [2.05, 4.69) is 24.1 Å². The first-order chi connectivity index (χ1) is 8.64. The fourth-order valence-corrected chi connectivity index (χ4v) is 2.10. The van der Waals surface area contributed by atoms with E-state index in [1.807, 2.05) is 12.1 Å². The first-order valence-electron chi connectivity index (χ1n) is 6.16. The molecule has 1 fully saturated rings. The molecule has 3 heteroatoms. The minimum absolute atomic E-state index is 0.0609. The Morgan fingerprint density at radius 3 is 2.78 bits per heavy atom. The SMILES string of the molecule is CC1(NC(=O)c2ccccc2C#CCO)CCC1. The highest BCUT2D eigenvalue weighted by molar-refractivity contribution is 5.97. The first kappa shape index (κ1) is 12.7. The van der Waals surface area contributed by atoms with Crippen molar-refractivity contribution < 1.29 is 9.90 Å². The summed E-state index contributed by atoms with van der Waals surface area (Å²) in [6.45, 7) is 1.87. The Bertz CT molecular complexity index is 507. The zero-order valence-corrected chi connectivity index (χ0v) is 10.5. The highest BCUT2D eigenvalue weighted by atomic mass is 16.2. The number of carbonyl (C=O) groups is 1. The van der Waals surface area contributed by atoms with Gasteiger partial charge in [0.15, 0.2) is 0 Å². The maximum absolute atomic E-state index is 12.2. The molecule has 1 aromatic carbocycles. The predicted octanol–water partition coefficient (Wildman–Crippen LogP) is 1.70. The average Bonchev–Trinajstić information content (AvgIpc) is 2.34. The van der Waals surface area contributed by atoms with Crippen molar-refractivity contribution in [3.05, 3.63) is 35.4 Å². The van der Waals surface area contributed by atoms with Gasteiger partial charge in [-0.15, -0.1) is 0 Å². The number of benzene rings is 1. The Kier molecular flexibility index (Phi) is 3.69. The summed E-state index contributed by atoms with van der Waals surface area (Å²) < 4.78 is 0. The first-order valence-corrected chi connectivity index (χ1v) is 6.16. The Labute approximate surface area is 107 Å². The van der Waals surface area contributed by atoms with E-state index < -0.39 is 0 Å². The molecule has 0 radical (unpaired) electrons. The largest absolute Gasteiger partial charge is 0.384 e. The minimum atomic E-state index is -0.201. The number of hydrogen-bond donors (Lipinski definition) is 2. The van der Waals surface area contributed by atoms with Crippen molar-refractivity contribution in [3.63, 3.8) is 0 Å². The lowest BCUT2D eigenvalue weighted by Crippen LogP contribution is -2.51. The Morgan fingerprint density at radius 1 is 1.44 bits per heavy atom. The molecule has 0 bridgehead atoms. The number of rotatable bonds is 2. The molecular formula is C15H17NO2. The van der Waals surface area contributed by atoms with Gasteiger partial charge in [0.05, 0.1) is 5.56 Å². The van der Waals surface area contributed by atoms with Crippen LogP contribution in [0.1, 0.15) is 42.1 Å². The quantitative estimate of drug-likeness (QED) is 0.777. The van der Waals surface area contributed by atoms with E-state index in [4.69, 9.17) is 5.11 Å². The summed E-state index contributed by atoms with van der Waals surface area (Å²) in [7, 11) is 0. The molecule has 1 amide bonds.